The Morgan fingerprint density at radius 2 is 1.84 bits per heavy atom. The molecule has 0 atom stereocenters. The number of aryl methyl sites for hydroxylation is 1. The summed E-state index contributed by atoms with van der Waals surface area (Å²) in [5.74, 6) is 0. The summed E-state index contributed by atoms with van der Waals surface area (Å²) in [5.41, 5.74) is 2.25. The molecule has 106 valence electrons. The van der Waals surface area contributed by atoms with Gasteiger partial charge >= 0.3 is 0 Å². The van der Waals surface area contributed by atoms with Gasteiger partial charge in [0.25, 0.3) is 10.2 Å². The van der Waals surface area contributed by atoms with E-state index in [1.807, 2.05) is 19.2 Å². The highest BCUT2D eigenvalue weighted by Gasteiger charge is 2.28. The van der Waals surface area contributed by atoms with Gasteiger partial charge in [-0.3, -0.25) is 4.98 Å². The Morgan fingerprint density at radius 3 is 2.37 bits per heavy atom. The second-order valence-electron chi connectivity index (χ2n) is 4.84. The lowest BCUT2D eigenvalue weighted by Gasteiger charge is -2.36. The van der Waals surface area contributed by atoms with E-state index < -0.39 is 10.2 Å². The molecule has 19 heavy (non-hydrogen) atoms. The number of anilines is 1. The normalized spacial score (nSPS) is 18.0. The number of rotatable bonds is 3. The first kappa shape index (κ1) is 14.2. The Balaban J connectivity index is 2.06. The third kappa shape index (κ3) is 2.88. The molecule has 1 aliphatic rings. The lowest BCUT2D eigenvalue weighted by molar-refractivity contribution is 0.355. The highest BCUT2D eigenvalue weighted by atomic mass is 32.2. The molecule has 1 saturated heterocycles. The van der Waals surface area contributed by atoms with E-state index in [2.05, 4.69) is 9.88 Å². The second kappa shape index (κ2) is 5.44. The highest BCUT2D eigenvalue weighted by molar-refractivity contribution is 7.86. The van der Waals surface area contributed by atoms with E-state index in [0.717, 1.165) is 5.69 Å². The second-order valence-corrected chi connectivity index (χ2v) is 6.98. The van der Waals surface area contributed by atoms with Crippen LogP contribution in [0.4, 0.5) is 5.69 Å². The van der Waals surface area contributed by atoms with E-state index in [4.69, 9.17) is 0 Å². The van der Waals surface area contributed by atoms with Gasteiger partial charge in [0.05, 0.1) is 11.9 Å². The van der Waals surface area contributed by atoms with Gasteiger partial charge in [0.1, 0.15) is 0 Å². The van der Waals surface area contributed by atoms with Crippen LogP contribution in [0.3, 0.4) is 0 Å². The predicted molar refractivity (Wildman–Crippen MR) is 75.4 cm³/mol. The summed E-state index contributed by atoms with van der Waals surface area (Å²) >= 11 is 0. The van der Waals surface area contributed by atoms with E-state index in [0.29, 0.717) is 26.2 Å². The Bertz CT molecular complexity index is 536. The van der Waals surface area contributed by atoms with Gasteiger partial charge in [-0.1, -0.05) is 0 Å². The van der Waals surface area contributed by atoms with Crippen molar-refractivity contribution in [2.24, 2.45) is 0 Å². The van der Waals surface area contributed by atoms with Crippen LogP contribution in [0.2, 0.25) is 0 Å². The Hall–Kier alpha value is -1.18. The summed E-state index contributed by atoms with van der Waals surface area (Å²) in [4.78, 5) is 6.32. The van der Waals surface area contributed by atoms with Gasteiger partial charge in [-0.15, -0.1) is 0 Å². The molecular formula is C12H20N4O2S. The third-order valence-corrected chi connectivity index (χ3v) is 5.32. The van der Waals surface area contributed by atoms with Crippen LogP contribution in [0.15, 0.2) is 18.5 Å². The average molecular weight is 284 g/mol. The van der Waals surface area contributed by atoms with Crippen molar-refractivity contribution in [2.45, 2.75) is 6.92 Å². The zero-order chi connectivity index (χ0) is 14.0. The molecule has 2 heterocycles. The van der Waals surface area contributed by atoms with Crippen LogP contribution in [0.25, 0.3) is 0 Å². The van der Waals surface area contributed by atoms with Gasteiger partial charge in [-0.25, -0.2) is 0 Å². The molecule has 1 aromatic rings. The molecule has 0 unspecified atom stereocenters. The van der Waals surface area contributed by atoms with E-state index >= 15 is 0 Å². The maximum atomic E-state index is 12.0. The Labute approximate surface area is 114 Å². The van der Waals surface area contributed by atoms with Crippen molar-refractivity contribution in [3.63, 3.8) is 0 Å². The fourth-order valence-electron chi connectivity index (χ4n) is 2.18. The minimum atomic E-state index is -3.29. The van der Waals surface area contributed by atoms with Gasteiger partial charge in [0.2, 0.25) is 0 Å². The molecule has 1 aromatic heterocycles. The van der Waals surface area contributed by atoms with Gasteiger partial charge in [0.15, 0.2) is 0 Å². The van der Waals surface area contributed by atoms with E-state index in [9.17, 15) is 8.42 Å². The van der Waals surface area contributed by atoms with E-state index in [1.54, 1.807) is 20.3 Å². The van der Waals surface area contributed by atoms with Gasteiger partial charge < -0.3 is 4.90 Å². The summed E-state index contributed by atoms with van der Waals surface area (Å²) in [6, 6.07) is 1.97. The molecule has 1 aliphatic heterocycles. The summed E-state index contributed by atoms with van der Waals surface area (Å²) in [6.45, 7) is 4.45. The van der Waals surface area contributed by atoms with Crippen LogP contribution in [0.1, 0.15) is 5.56 Å². The molecule has 0 N–H and O–H groups in total. The molecule has 2 rings (SSSR count). The number of nitrogens with zero attached hydrogens (tertiary/aromatic N) is 4. The molecule has 0 aliphatic carbocycles. The smallest absolute Gasteiger partial charge is 0.281 e. The predicted octanol–water partition coefficient (Wildman–Crippen LogP) is 0.318. The van der Waals surface area contributed by atoms with Crippen LogP contribution in [-0.2, 0) is 10.2 Å². The minimum Gasteiger partial charge on any atom is -0.367 e. The number of pyridine rings is 1. The number of aromatic nitrogens is 1. The zero-order valence-electron chi connectivity index (χ0n) is 11.6. The summed E-state index contributed by atoms with van der Waals surface area (Å²) < 4.78 is 26.8. The topological polar surface area (TPSA) is 56.8 Å². The van der Waals surface area contributed by atoms with Gasteiger partial charge in [-0.05, 0) is 18.6 Å². The lowest BCUT2D eigenvalue weighted by Crippen LogP contribution is -2.51. The van der Waals surface area contributed by atoms with Crippen LogP contribution in [0, 0.1) is 6.92 Å². The molecule has 6 nitrogen and oxygen atoms in total. The van der Waals surface area contributed by atoms with Crippen molar-refractivity contribution < 1.29 is 8.42 Å². The van der Waals surface area contributed by atoms with Crippen LogP contribution in [-0.4, -0.2) is 62.3 Å². The summed E-state index contributed by atoms with van der Waals surface area (Å²) in [7, 11) is -0.166. The number of hydrogen-bond donors (Lipinski definition) is 0. The maximum Gasteiger partial charge on any atom is 0.281 e. The van der Waals surface area contributed by atoms with Crippen molar-refractivity contribution >= 4 is 15.9 Å². The molecule has 0 saturated carbocycles. The first-order valence-corrected chi connectivity index (χ1v) is 7.66. The number of hydrogen-bond acceptors (Lipinski definition) is 4. The van der Waals surface area contributed by atoms with Crippen molar-refractivity contribution in [3.05, 3.63) is 24.0 Å². The zero-order valence-corrected chi connectivity index (χ0v) is 12.4. The summed E-state index contributed by atoms with van der Waals surface area (Å²) in [5, 5.41) is 0. The highest BCUT2D eigenvalue weighted by Crippen LogP contribution is 2.20. The molecule has 0 amide bonds. The van der Waals surface area contributed by atoms with Crippen LogP contribution < -0.4 is 4.90 Å². The molecular weight excluding hydrogens is 264 g/mol. The van der Waals surface area contributed by atoms with Crippen LogP contribution in [0.5, 0.6) is 0 Å². The summed E-state index contributed by atoms with van der Waals surface area (Å²) in [6.07, 6.45) is 3.61. The SMILES string of the molecule is Cc1ccncc1N1CCN(S(=O)(=O)N(C)C)CC1. The van der Waals surface area contributed by atoms with Crippen molar-refractivity contribution in [1.29, 1.82) is 0 Å². The van der Waals surface area contributed by atoms with Gasteiger partial charge in [-0.2, -0.15) is 17.0 Å². The van der Waals surface area contributed by atoms with Gasteiger partial charge in [0, 0.05) is 46.5 Å². The first-order valence-electron chi connectivity index (χ1n) is 6.26. The lowest BCUT2D eigenvalue weighted by atomic mass is 10.2. The largest absolute Gasteiger partial charge is 0.367 e. The molecule has 0 spiro atoms. The quantitative estimate of drug-likeness (QED) is 0.802. The fourth-order valence-corrected chi connectivity index (χ4v) is 3.26. The number of piperazine rings is 1. The monoisotopic (exact) mass is 284 g/mol. The van der Waals surface area contributed by atoms with Crippen molar-refractivity contribution in [2.75, 3.05) is 45.2 Å². The Morgan fingerprint density at radius 1 is 1.21 bits per heavy atom. The fraction of sp³-hybridized carbons (Fsp3) is 0.583. The molecule has 1 fully saturated rings. The average Bonchev–Trinajstić information content (AvgIpc) is 2.39. The third-order valence-electron chi connectivity index (χ3n) is 3.38. The first-order chi connectivity index (χ1) is 8.93. The van der Waals surface area contributed by atoms with Crippen molar-refractivity contribution in [3.8, 4) is 0 Å². The van der Waals surface area contributed by atoms with E-state index in [1.165, 1.54) is 14.2 Å². The standard InChI is InChI=1S/C12H20N4O2S/c1-11-4-5-13-10-12(11)15-6-8-16(9-7-15)19(17,18)14(2)3/h4-5,10H,6-9H2,1-3H3. The van der Waals surface area contributed by atoms with E-state index in [-0.39, 0.29) is 0 Å². The maximum absolute atomic E-state index is 12.0. The minimum absolute atomic E-state index is 0.509. The molecule has 0 radical (unpaired) electrons. The van der Waals surface area contributed by atoms with Crippen LogP contribution >= 0.6 is 0 Å². The Kier molecular flexibility index (Phi) is 4.07. The molecule has 7 heteroatoms. The molecule has 0 bridgehead atoms. The molecule has 0 aromatic carbocycles. The van der Waals surface area contributed by atoms with Crippen molar-refractivity contribution in [1.82, 2.24) is 13.6 Å².